The SMILES string of the molecule is O=C1CCC(N2Cc3c(SCc4ccc(CNC56CC7CC5CC7C6)cc4Cl)cccc3C2=O)C(=O)N1. The number of hydrogen-bond donors (Lipinski definition) is 2. The Balaban J connectivity index is 1.01. The van der Waals surface area contributed by atoms with Crippen molar-refractivity contribution >= 4 is 41.1 Å². The molecule has 6 nitrogen and oxygen atoms in total. The second kappa shape index (κ2) is 8.85. The van der Waals surface area contributed by atoms with Crippen LogP contribution < -0.4 is 10.6 Å². The van der Waals surface area contributed by atoms with Crippen molar-refractivity contribution in [3.8, 4) is 0 Å². The molecule has 3 unspecified atom stereocenters. The number of amides is 3. The number of halogens is 1. The molecule has 37 heavy (non-hydrogen) atoms. The quantitative estimate of drug-likeness (QED) is 0.398. The van der Waals surface area contributed by atoms with Gasteiger partial charge in [0.15, 0.2) is 0 Å². The average Bonchev–Trinajstić information content (AvgIpc) is 3.66. The lowest BCUT2D eigenvalue weighted by molar-refractivity contribution is -0.136. The van der Waals surface area contributed by atoms with Crippen LogP contribution in [0.25, 0.3) is 0 Å². The van der Waals surface area contributed by atoms with Crippen molar-refractivity contribution in [3.05, 3.63) is 63.7 Å². The molecule has 0 aromatic heterocycles. The van der Waals surface area contributed by atoms with Crippen LogP contribution in [0.1, 0.15) is 65.6 Å². The number of benzene rings is 2. The molecule has 192 valence electrons. The highest BCUT2D eigenvalue weighted by atomic mass is 35.5. The Morgan fingerprint density at radius 2 is 1.92 bits per heavy atom. The molecule has 1 saturated heterocycles. The first-order valence-corrected chi connectivity index (χ1v) is 14.7. The summed E-state index contributed by atoms with van der Waals surface area (Å²) in [5.74, 6) is 2.70. The van der Waals surface area contributed by atoms with Crippen LogP contribution in [-0.4, -0.2) is 34.2 Å². The molecule has 2 aliphatic heterocycles. The standard InChI is InChI=1S/C29H30ClN3O3S/c30-23-8-16(13-31-29-11-18-9-20(29)10-19(18)12-29)4-5-17(23)15-37-25-3-1-2-21-22(25)14-33(28(21)36)24-6-7-26(34)32-27(24)35/h1-5,8,18-20,24,31H,6-7,9-15H2,(H,32,34,35). The highest BCUT2D eigenvalue weighted by Gasteiger charge is 2.62. The number of imide groups is 1. The zero-order chi connectivity index (χ0) is 25.3. The summed E-state index contributed by atoms with van der Waals surface area (Å²) in [5, 5.41) is 7.06. The molecule has 2 aromatic rings. The van der Waals surface area contributed by atoms with Gasteiger partial charge in [-0.1, -0.05) is 29.8 Å². The van der Waals surface area contributed by atoms with E-state index in [2.05, 4.69) is 28.8 Å². The Bertz CT molecular complexity index is 1320. The maximum atomic E-state index is 13.1. The lowest BCUT2D eigenvalue weighted by Crippen LogP contribution is -2.52. The molecule has 6 aliphatic rings. The Labute approximate surface area is 225 Å². The molecule has 0 spiro atoms. The normalized spacial score (nSPS) is 31.5. The molecule has 5 fully saturated rings. The minimum atomic E-state index is -0.601. The van der Waals surface area contributed by atoms with E-state index < -0.39 is 6.04 Å². The van der Waals surface area contributed by atoms with Gasteiger partial charge in [0.1, 0.15) is 6.04 Å². The maximum Gasteiger partial charge on any atom is 0.255 e. The molecule has 0 radical (unpaired) electrons. The Morgan fingerprint density at radius 3 is 2.62 bits per heavy atom. The minimum Gasteiger partial charge on any atom is -0.322 e. The van der Waals surface area contributed by atoms with E-state index in [1.54, 1.807) is 16.7 Å². The molecular formula is C29H30ClN3O3S. The summed E-state index contributed by atoms with van der Waals surface area (Å²) in [5.41, 5.74) is 4.26. The van der Waals surface area contributed by atoms with Gasteiger partial charge < -0.3 is 10.2 Å². The summed E-state index contributed by atoms with van der Waals surface area (Å²) < 4.78 is 0. The number of carbonyl (C=O) groups excluding carboxylic acids is 3. The largest absolute Gasteiger partial charge is 0.322 e. The van der Waals surface area contributed by atoms with Crippen molar-refractivity contribution in [3.63, 3.8) is 0 Å². The number of thioether (sulfide) groups is 1. The van der Waals surface area contributed by atoms with Crippen molar-refractivity contribution in [1.82, 2.24) is 15.5 Å². The summed E-state index contributed by atoms with van der Waals surface area (Å²) in [6, 6.07) is 11.5. The Kier molecular flexibility index (Phi) is 5.68. The topological polar surface area (TPSA) is 78.5 Å². The molecule has 2 heterocycles. The highest BCUT2D eigenvalue weighted by Crippen LogP contribution is 2.65. The fraction of sp³-hybridized carbons (Fsp3) is 0.483. The molecule has 2 N–H and O–H groups in total. The minimum absolute atomic E-state index is 0.144. The fourth-order valence-corrected chi connectivity index (χ4v) is 9.18. The molecule has 3 amide bonds. The van der Waals surface area contributed by atoms with Gasteiger partial charge in [0.05, 0.1) is 0 Å². The molecule has 8 rings (SSSR count). The van der Waals surface area contributed by atoms with Crippen LogP contribution in [0.4, 0.5) is 0 Å². The van der Waals surface area contributed by atoms with E-state index in [9.17, 15) is 14.4 Å². The third kappa shape index (κ3) is 3.93. The Hall–Kier alpha value is -2.35. The second-order valence-electron chi connectivity index (χ2n) is 11.5. The monoisotopic (exact) mass is 535 g/mol. The van der Waals surface area contributed by atoms with Gasteiger partial charge in [0, 0.05) is 46.3 Å². The van der Waals surface area contributed by atoms with E-state index in [1.807, 2.05) is 18.2 Å². The van der Waals surface area contributed by atoms with Crippen LogP contribution >= 0.6 is 23.4 Å². The predicted octanol–water partition coefficient (Wildman–Crippen LogP) is 4.67. The van der Waals surface area contributed by atoms with Crippen molar-refractivity contribution in [2.24, 2.45) is 17.8 Å². The molecule has 4 saturated carbocycles. The van der Waals surface area contributed by atoms with Gasteiger partial charge in [0.25, 0.3) is 5.91 Å². The summed E-state index contributed by atoms with van der Waals surface area (Å²) in [4.78, 5) is 39.6. The van der Waals surface area contributed by atoms with E-state index in [1.165, 1.54) is 31.2 Å². The lowest BCUT2D eigenvalue weighted by Gasteiger charge is -2.30. The zero-order valence-electron chi connectivity index (χ0n) is 20.6. The van der Waals surface area contributed by atoms with Crippen molar-refractivity contribution in [2.45, 2.75) is 73.8 Å². The zero-order valence-corrected chi connectivity index (χ0v) is 22.2. The van der Waals surface area contributed by atoms with Crippen LogP contribution in [0.15, 0.2) is 41.3 Å². The molecule has 3 atom stereocenters. The van der Waals surface area contributed by atoms with E-state index >= 15 is 0 Å². The highest BCUT2D eigenvalue weighted by molar-refractivity contribution is 7.98. The summed E-state index contributed by atoms with van der Waals surface area (Å²) in [6.07, 6.45) is 6.19. The van der Waals surface area contributed by atoms with Crippen LogP contribution in [-0.2, 0) is 28.4 Å². The number of nitrogens with one attached hydrogen (secondary N) is 2. The van der Waals surface area contributed by atoms with Crippen LogP contribution in [0.2, 0.25) is 5.02 Å². The van der Waals surface area contributed by atoms with E-state index in [4.69, 9.17) is 11.6 Å². The number of fused-ring (bicyclic) bond motifs is 1. The van der Waals surface area contributed by atoms with Gasteiger partial charge in [0.2, 0.25) is 11.8 Å². The third-order valence-electron chi connectivity index (χ3n) is 9.56. The van der Waals surface area contributed by atoms with Crippen molar-refractivity contribution < 1.29 is 14.4 Å². The first kappa shape index (κ1) is 23.7. The van der Waals surface area contributed by atoms with Gasteiger partial charge >= 0.3 is 0 Å². The smallest absolute Gasteiger partial charge is 0.255 e. The predicted molar refractivity (Wildman–Crippen MR) is 142 cm³/mol. The second-order valence-corrected chi connectivity index (χ2v) is 12.9. The maximum absolute atomic E-state index is 13.1. The number of carbonyl (C=O) groups is 3. The number of hydrogen-bond acceptors (Lipinski definition) is 5. The average molecular weight is 536 g/mol. The van der Waals surface area contributed by atoms with Gasteiger partial charge in [-0.2, -0.15) is 0 Å². The molecule has 4 aliphatic carbocycles. The summed E-state index contributed by atoms with van der Waals surface area (Å²) in [6.45, 7) is 1.25. The van der Waals surface area contributed by atoms with Gasteiger partial charge in [-0.05, 0) is 84.7 Å². The fourth-order valence-electron chi connectivity index (χ4n) is 7.75. The van der Waals surface area contributed by atoms with Gasteiger partial charge in [-0.15, -0.1) is 11.8 Å². The van der Waals surface area contributed by atoms with Crippen LogP contribution in [0, 0.1) is 17.8 Å². The number of piperidine rings is 1. The number of nitrogens with zero attached hydrogens (tertiary/aromatic N) is 1. The first-order valence-electron chi connectivity index (χ1n) is 13.3. The van der Waals surface area contributed by atoms with Crippen LogP contribution in [0.3, 0.4) is 0 Å². The van der Waals surface area contributed by atoms with E-state index in [0.717, 1.165) is 45.3 Å². The van der Waals surface area contributed by atoms with Crippen LogP contribution in [0.5, 0.6) is 0 Å². The summed E-state index contributed by atoms with van der Waals surface area (Å²) in [7, 11) is 0. The third-order valence-corrected chi connectivity index (χ3v) is 11.1. The molecular weight excluding hydrogens is 506 g/mol. The molecule has 2 aromatic carbocycles. The van der Waals surface area contributed by atoms with Crippen molar-refractivity contribution in [2.75, 3.05) is 0 Å². The molecule has 8 heteroatoms. The summed E-state index contributed by atoms with van der Waals surface area (Å²) >= 11 is 8.39. The lowest BCUT2D eigenvalue weighted by atomic mass is 9.90. The van der Waals surface area contributed by atoms with E-state index in [0.29, 0.717) is 29.8 Å². The van der Waals surface area contributed by atoms with Gasteiger partial charge in [-0.3, -0.25) is 19.7 Å². The first-order chi connectivity index (χ1) is 17.9. The Morgan fingerprint density at radius 1 is 1.11 bits per heavy atom. The number of rotatable bonds is 7. The molecule has 4 bridgehead atoms. The van der Waals surface area contributed by atoms with E-state index in [-0.39, 0.29) is 24.1 Å². The van der Waals surface area contributed by atoms with Gasteiger partial charge in [-0.25, -0.2) is 0 Å². The van der Waals surface area contributed by atoms with Crippen molar-refractivity contribution in [1.29, 1.82) is 0 Å².